The summed E-state index contributed by atoms with van der Waals surface area (Å²) < 4.78 is 6.36. The van der Waals surface area contributed by atoms with Crippen molar-refractivity contribution >= 4 is 23.3 Å². The molecular weight excluding hydrogens is 296 g/mol. The number of aryl methyl sites for hydroxylation is 2. The molecule has 1 aromatic heterocycles. The Bertz CT molecular complexity index is 720. The number of anilines is 2. The van der Waals surface area contributed by atoms with Gasteiger partial charge in [0.25, 0.3) is 0 Å². The van der Waals surface area contributed by atoms with E-state index in [1.54, 1.807) is 28.9 Å². The standard InChI is InChI=1S/C16H20N4O3/c1-10-15(11(2)20(3)19-10)18-14(21)9-17-13-7-5-12(6-8-13)16(22)23-4/h5-8,17H,9H2,1-4H3,(H,18,21). The molecule has 2 aromatic rings. The number of aromatic nitrogens is 2. The van der Waals surface area contributed by atoms with Crippen LogP contribution in [0.5, 0.6) is 0 Å². The van der Waals surface area contributed by atoms with Crippen molar-refractivity contribution in [3.63, 3.8) is 0 Å². The van der Waals surface area contributed by atoms with Gasteiger partial charge in [0.05, 0.1) is 36.3 Å². The summed E-state index contributed by atoms with van der Waals surface area (Å²) >= 11 is 0. The highest BCUT2D eigenvalue weighted by Crippen LogP contribution is 2.18. The van der Waals surface area contributed by atoms with Gasteiger partial charge < -0.3 is 15.4 Å². The van der Waals surface area contributed by atoms with Crippen molar-refractivity contribution in [3.05, 3.63) is 41.2 Å². The van der Waals surface area contributed by atoms with E-state index in [9.17, 15) is 9.59 Å². The second-order valence-corrected chi connectivity index (χ2v) is 5.14. The van der Waals surface area contributed by atoms with Gasteiger partial charge >= 0.3 is 5.97 Å². The van der Waals surface area contributed by atoms with Crippen LogP contribution in [-0.4, -0.2) is 35.3 Å². The first-order valence-electron chi connectivity index (χ1n) is 7.14. The third kappa shape index (κ3) is 3.88. The largest absolute Gasteiger partial charge is 0.465 e. The molecule has 0 atom stereocenters. The molecule has 0 spiro atoms. The maximum absolute atomic E-state index is 12.0. The lowest BCUT2D eigenvalue weighted by Crippen LogP contribution is -2.22. The van der Waals surface area contributed by atoms with E-state index in [0.717, 1.165) is 22.8 Å². The zero-order chi connectivity index (χ0) is 17.0. The smallest absolute Gasteiger partial charge is 0.337 e. The maximum atomic E-state index is 12.0. The van der Waals surface area contributed by atoms with Crippen LogP contribution in [0.15, 0.2) is 24.3 Å². The molecule has 2 N–H and O–H groups in total. The van der Waals surface area contributed by atoms with Crippen LogP contribution in [-0.2, 0) is 16.6 Å². The topological polar surface area (TPSA) is 85.2 Å². The molecule has 7 nitrogen and oxygen atoms in total. The van der Waals surface area contributed by atoms with E-state index in [4.69, 9.17) is 0 Å². The molecule has 0 aliphatic rings. The summed E-state index contributed by atoms with van der Waals surface area (Å²) in [5.74, 6) is -0.557. The highest BCUT2D eigenvalue weighted by molar-refractivity contribution is 5.95. The summed E-state index contributed by atoms with van der Waals surface area (Å²) in [6.45, 7) is 3.86. The SMILES string of the molecule is COC(=O)c1ccc(NCC(=O)Nc2c(C)nn(C)c2C)cc1. The first kappa shape index (κ1) is 16.5. The van der Waals surface area contributed by atoms with Gasteiger partial charge in [0.2, 0.25) is 5.91 Å². The van der Waals surface area contributed by atoms with Crippen molar-refractivity contribution in [2.24, 2.45) is 7.05 Å². The Morgan fingerprint density at radius 1 is 1.22 bits per heavy atom. The molecule has 1 aromatic carbocycles. The molecule has 2 rings (SSSR count). The van der Waals surface area contributed by atoms with Crippen LogP contribution in [0.1, 0.15) is 21.7 Å². The van der Waals surface area contributed by atoms with Crippen LogP contribution in [0.3, 0.4) is 0 Å². The van der Waals surface area contributed by atoms with E-state index in [1.165, 1.54) is 7.11 Å². The molecule has 0 saturated heterocycles. The first-order valence-corrected chi connectivity index (χ1v) is 7.14. The number of amides is 1. The second-order valence-electron chi connectivity index (χ2n) is 5.14. The summed E-state index contributed by atoms with van der Waals surface area (Å²) in [4.78, 5) is 23.4. The van der Waals surface area contributed by atoms with Gasteiger partial charge in [0.1, 0.15) is 0 Å². The van der Waals surface area contributed by atoms with Crippen LogP contribution < -0.4 is 10.6 Å². The Balaban J connectivity index is 1.93. The third-order valence-corrected chi connectivity index (χ3v) is 3.53. The minimum absolute atomic E-state index is 0.116. The Morgan fingerprint density at radius 3 is 2.39 bits per heavy atom. The van der Waals surface area contributed by atoms with Gasteiger partial charge in [0.15, 0.2) is 0 Å². The fourth-order valence-corrected chi connectivity index (χ4v) is 2.16. The van der Waals surface area contributed by atoms with E-state index in [2.05, 4.69) is 20.5 Å². The number of esters is 1. The molecular formula is C16H20N4O3. The number of benzene rings is 1. The van der Waals surface area contributed by atoms with Gasteiger partial charge in [-0.25, -0.2) is 4.79 Å². The maximum Gasteiger partial charge on any atom is 0.337 e. The van der Waals surface area contributed by atoms with Crippen LogP contribution in [0.2, 0.25) is 0 Å². The van der Waals surface area contributed by atoms with Crippen molar-refractivity contribution in [1.82, 2.24) is 9.78 Å². The molecule has 0 saturated carbocycles. The molecule has 0 aliphatic heterocycles. The number of rotatable bonds is 5. The summed E-state index contributed by atoms with van der Waals surface area (Å²) in [5, 5.41) is 10.1. The quantitative estimate of drug-likeness (QED) is 0.823. The third-order valence-electron chi connectivity index (χ3n) is 3.53. The van der Waals surface area contributed by atoms with E-state index in [0.29, 0.717) is 5.56 Å². The van der Waals surface area contributed by atoms with Gasteiger partial charge in [-0.05, 0) is 38.1 Å². The number of carbonyl (C=O) groups is 2. The predicted octanol–water partition coefficient (Wildman–Crippen LogP) is 1.87. The molecule has 122 valence electrons. The van der Waals surface area contributed by atoms with E-state index in [-0.39, 0.29) is 12.5 Å². The van der Waals surface area contributed by atoms with Crippen LogP contribution in [0, 0.1) is 13.8 Å². The molecule has 1 heterocycles. The highest BCUT2D eigenvalue weighted by atomic mass is 16.5. The predicted molar refractivity (Wildman–Crippen MR) is 87.6 cm³/mol. The van der Waals surface area contributed by atoms with Gasteiger partial charge in [-0.2, -0.15) is 5.10 Å². The van der Waals surface area contributed by atoms with Crippen molar-refractivity contribution in [2.75, 3.05) is 24.3 Å². The van der Waals surface area contributed by atoms with Crippen LogP contribution in [0.4, 0.5) is 11.4 Å². The monoisotopic (exact) mass is 316 g/mol. The number of ether oxygens (including phenoxy) is 1. The number of methoxy groups -OCH3 is 1. The Hall–Kier alpha value is -2.83. The highest BCUT2D eigenvalue weighted by Gasteiger charge is 2.12. The molecule has 1 amide bonds. The lowest BCUT2D eigenvalue weighted by Gasteiger charge is -2.08. The summed E-state index contributed by atoms with van der Waals surface area (Å²) in [6, 6.07) is 6.73. The average molecular weight is 316 g/mol. The van der Waals surface area contributed by atoms with E-state index < -0.39 is 5.97 Å². The Kier molecular flexibility index (Phi) is 5.00. The van der Waals surface area contributed by atoms with E-state index in [1.807, 2.05) is 20.9 Å². The van der Waals surface area contributed by atoms with Crippen molar-refractivity contribution in [1.29, 1.82) is 0 Å². The lowest BCUT2D eigenvalue weighted by atomic mass is 10.2. The minimum Gasteiger partial charge on any atom is -0.465 e. The molecule has 0 bridgehead atoms. The van der Waals surface area contributed by atoms with Crippen LogP contribution in [0.25, 0.3) is 0 Å². The fourth-order valence-electron chi connectivity index (χ4n) is 2.16. The van der Waals surface area contributed by atoms with Crippen molar-refractivity contribution in [2.45, 2.75) is 13.8 Å². The summed E-state index contributed by atoms with van der Waals surface area (Å²) in [5.41, 5.74) is 3.62. The molecule has 23 heavy (non-hydrogen) atoms. The summed E-state index contributed by atoms with van der Waals surface area (Å²) in [6.07, 6.45) is 0. The van der Waals surface area contributed by atoms with E-state index >= 15 is 0 Å². The van der Waals surface area contributed by atoms with Gasteiger partial charge in [0, 0.05) is 12.7 Å². The second kappa shape index (κ2) is 6.95. The first-order chi connectivity index (χ1) is 10.9. The zero-order valence-electron chi connectivity index (χ0n) is 13.6. The molecule has 7 heteroatoms. The lowest BCUT2D eigenvalue weighted by molar-refractivity contribution is -0.114. The Labute approximate surface area is 134 Å². The zero-order valence-corrected chi connectivity index (χ0v) is 13.6. The van der Waals surface area contributed by atoms with Gasteiger partial charge in [-0.3, -0.25) is 9.48 Å². The van der Waals surface area contributed by atoms with Crippen molar-refractivity contribution in [3.8, 4) is 0 Å². The van der Waals surface area contributed by atoms with Crippen molar-refractivity contribution < 1.29 is 14.3 Å². The minimum atomic E-state index is -0.392. The average Bonchev–Trinajstić information content (AvgIpc) is 2.79. The molecule has 0 aliphatic carbocycles. The summed E-state index contributed by atoms with van der Waals surface area (Å²) in [7, 11) is 3.17. The Morgan fingerprint density at radius 2 is 1.87 bits per heavy atom. The number of nitrogens with zero attached hydrogens (tertiary/aromatic N) is 2. The van der Waals surface area contributed by atoms with Gasteiger partial charge in [-0.15, -0.1) is 0 Å². The number of nitrogens with one attached hydrogen (secondary N) is 2. The van der Waals surface area contributed by atoms with Crippen LogP contribution >= 0.6 is 0 Å². The molecule has 0 unspecified atom stereocenters. The molecule has 0 fully saturated rings. The van der Waals surface area contributed by atoms with Gasteiger partial charge in [-0.1, -0.05) is 0 Å². The molecule has 0 radical (unpaired) electrons. The number of hydrogen-bond donors (Lipinski definition) is 2. The number of hydrogen-bond acceptors (Lipinski definition) is 5. The normalized spacial score (nSPS) is 10.3. The number of carbonyl (C=O) groups excluding carboxylic acids is 2. The fraction of sp³-hybridized carbons (Fsp3) is 0.312.